The van der Waals surface area contributed by atoms with Crippen LogP contribution in [-0.2, 0) is 23.2 Å². The monoisotopic (exact) mass is 191 g/mol. The number of carbonyl (C=O) groups excluding carboxylic acids is 2. The SMILES string of the molecule is Cn1ccnc1CN1C(=O)C=CC1=O. The van der Waals surface area contributed by atoms with E-state index < -0.39 is 0 Å². The van der Waals surface area contributed by atoms with Crippen LogP contribution in [0.15, 0.2) is 24.5 Å². The van der Waals surface area contributed by atoms with Crippen LogP contribution in [0.2, 0.25) is 0 Å². The van der Waals surface area contributed by atoms with Crippen molar-refractivity contribution in [1.82, 2.24) is 14.5 Å². The summed E-state index contributed by atoms with van der Waals surface area (Å²) < 4.78 is 1.78. The minimum atomic E-state index is -0.280. The Labute approximate surface area is 80.6 Å². The minimum absolute atomic E-state index is 0.230. The number of rotatable bonds is 2. The molecular weight excluding hydrogens is 182 g/mol. The lowest BCUT2D eigenvalue weighted by Gasteiger charge is -2.12. The zero-order valence-corrected chi connectivity index (χ0v) is 7.67. The van der Waals surface area contributed by atoms with Gasteiger partial charge in [0.15, 0.2) is 0 Å². The van der Waals surface area contributed by atoms with Crippen LogP contribution in [0.3, 0.4) is 0 Å². The molecule has 2 amide bonds. The molecule has 1 aliphatic rings. The lowest BCUT2D eigenvalue weighted by Crippen LogP contribution is -2.30. The van der Waals surface area contributed by atoms with Gasteiger partial charge in [-0.15, -0.1) is 0 Å². The highest BCUT2D eigenvalue weighted by Crippen LogP contribution is 2.08. The Hall–Kier alpha value is -1.91. The molecule has 2 heterocycles. The molecule has 0 atom stereocenters. The number of imide groups is 1. The quantitative estimate of drug-likeness (QED) is 0.610. The van der Waals surface area contributed by atoms with Gasteiger partial charge in [-0.2, -0.15) is 0 Å². The third-order valence-corrected chi connectivity index (χ3v) is 2.12. The van der Waals surface area contributed by atoms with Crippen LogP contribution < -0.4 is 0 Å². The highest BCUT2D eigenvalue weighted by Gasteiger charge is 2.24. The van der Waals surface area contributed by atoms with E-state index in [4.69, 9.17) is 0 Å². The summed E-state index contributed by atoms with van der Waals surface area (Å²) in [4.78, 5) is 27.6. The Bertz CT molecular complexity index is 401. The molecular formula is C9H9N3O2. The highest BCUT2D eigenvalue weighted by atomic mass is 16.2. The fourth-order valence-corrected chi connectivity index (χ4v) is 1.28. The van der Waals surface area contributed by atoms with Gasteiger partial charge >= 0.3 is 0 Å². The summed E-state index contributed by atoms with van der Waals surface area (Å²) in [6.07, 6.45) is 5.94. The van der Waals surface area contributed by atoms with E-state index >= 15 is 0 Å². The van der Waals surface area contributed by atoms with Gasteiger partial charge in [-0.1, -0.05) is 0 Å². The molecule has 0 unspecified atom stereocenters. The summed E-state index contributed by atoms with van der Waals surface area (Å²) in [6.45, 7) is 0.230. The van der Waals surface area contributed by atoms with Crippen molar-refractivity contribution < 1.29 is 9.59 Å². The molecule has 72 valence electrons. The molecule has 1 aromatic heterocycles. The van der Waals surface area contributed by atoms with Crippen molar-refractivity contribution in [2.45, 2.75) is 6.54 Å². The molecule has 0 N–H and O–H groups in total. The zero-order chi connectivity index (χ0) is 10.1. The van der Waals surface area contributed by atoms with Crippen LogP contribution in [-0.4, -0.2) is 26.3 Å². The topological polar surface area (TPSA) is 55.2 Å². The van der Waals surface area contributed by atoms with E-state index in [2.05, 4.69) is 4.98 Å². The number of hydrogen-bond acceptors (Lipinski definition) is 3. The first-order valence-corrected chi connectivity index (χ1v) is 4.18. The standard InChI is InChI=1S/C9H9N3O2/c1-11-5-4-10-7(11)6-12-8(13)2-3-9(12)14/h2-5H,6H2,1H3. The molecule has 1 aromatic rings. The van der Waals surface area contributed by atoms with Gasteiger partial charge in [0.25, 0.3) is 11.8 Å². The first kappa shape index (κ1) is 8.68. The molecule has 5 heteroatoms. The van der Waals surface area contributed by atoms with Gasteiger partial charge in [0, 0.05) is 31.6 Å². The molecule has 0 spiro atoms. The fourth-order valence-electron chi connectivity index (χ4n) is 1.28. The van der Waals surface area contributed by atoms with E-state index in [0.717, 1.165) is 4.90 Å². The lowest BCUT2D eigenvalue weighted by atomic mass is 10.5. The van der Waals surface area contributed by atoms with E-state index in [-0.39, 0.29) is 18.4 Å². The summed E-state index contributed by atoms with van der Waals surface area (Å²) in [5.41, 5.74) is 0. The first-order valence-electron chi connectivity index (χ1n) is 4.18. The van der Waals surface area contributed by atoms with Crippen molar-refractivity contribution >= 4 is 11.8 Å². The molecule has 0 saturated carbocycles. The summed E-state index contributed by atoms with van der Waals surface area (Å²) in [6, 6.07) is 0. The average Bonchev–Trinajstić information content (AvgIpc) is 2.67. The van der Waals surface area contributed by atoms with Crippen LogP contribution in [0.5, 0.6) is 0 Å². The van der Waals surface area contributed by atoms with Crippen molar-refractivity contribution in [2.24, 2.45) is 7.05 Å². The van der Waals surface area contributed by atoms with E-state index in [1.54, 1.807) is 17.0 Å². The maximum Gasteiger partial charge on any atom is 0.254 e. The zero-order valence-electron chi connectivity index (χ0n) is 7.67. The Kier molecular flexibility index (Phi) is 1.92. The fraction of sp³-hybridized carbons (Fsp3) is 0.222. The summed E-state index contributed by atoms with van der Waals surface area (Å²) in [5, 5.41) is 0. The van der Waals surface area contributed by atoms with Crippen LogP contribution in [0.1, 0.15) is 5.82 Å². The number of carbonyl (C=O) groups is 2. The van der Waals surface area contributed by atoms with Crippen molar-refractivity contribution in [2.75, 3.05) is 0 Å². The molecule has 0 radical (unpaired) electrons. The Morgan fingerprint density at radius 3 is 2.43 bits per heavy atom. The van der Waals surface area contributed by atoms with Crippen molar-refractivity contribution in [1.29, 1.82) is 0 Å². The molecule has 1 aliphatic heterocycles. The van der Waals surface area contributed by atoms with Gasteiger partial charge in [0.1, 0.15) is 5.82 Å². The minimum Gasteiger partial charge on any atom is -0.337 e. The van der Waals surface area contributed by atoms with E-state index in [0.29, 0.717) is 5.82 Å². The summed E-state index contributed by atoms with van der Waals surface area (Å²) in [5.74, 6) is 0.131. The summed E-state index contributed by atoms with van der Waals surface area (Å²) >= 11 is 0. The summed E-state index contributed by atoms with van der Waals surface area (Å²) in [7, 11) is 1.82. The van der Waals surface area contributed by atoms with Gasteiger partial charge in [0.2, 0.25) is 0 Å². The molecule has 0 aliphatic carbocycles. The number of imidazole rings is 1. The third-order valence-electron chi connectivity index (χ3n) is 2.12. The van der Waals surface area contributed by atoms with Crippen LogP contribution >= 0.6 is 0 Å². The molecule has 0 saturated heterocycles. The second-order valence-electron chi connectivity index (χ2n) is 3.05. The Balaban J connectivity index is 2.16. The molecule has 2 rings (SSSR count). The second kappa shape index (κ2) is 3.10. The van der Waals surface area contributed by atoms with Gasteiger partial charge in [-0.3, -0.25) is 14.5 Å². The van der Waals surface area contributed by atoms with Crippen molar-refractivity contribution in [3.05, 3.63) is 30.4 Å². The maximum atomic E-state index is 11.2. The first-order chi connectivity index (χ1) is 6.68. The third kappa shape index (κ3) is 1.32. The van der Waals surface area contributed by atoms with Gasteiger partial charge in [-0.05, 0) is 0 Å². The average molecular weight is 191 g/mol. The second-order valence-corrected chi connectivity index (χ2v) is 3.05. The molecule has 14 heavy (non-hydrogen) atoms. The van der Waals surface area contributed by atoms with Crippen molar-refractivity contribution in [3.63, 3.8) is 0 Å². The van der Waals surface area contributed by atoms with Gasteiger partial charge < -0.3 is 4.57 Å². The smallest absolute Gasteiger partial charge is 0.254 e. The number of aryl methyl sites for hydroxylation is 1. The highest BCUT2D eigenvalue weighted by molar-refractivity contribution is 6.12. The molecule has 5 nitrogen and oxygen atoms in total. The number of aromatic nitrogens is 2. The molecule has 0 aromatic carbocycles. The number of amides is 2. The largest absolute Gasteiger partial charge is 0.337 e. The Morgan fingerprint density at radius 1 is 1.29 bits per heavy atom. The lowest BCUT2D eigenvalue weighted by molar-refractivity contribution is -0.137. The number of hydrogen-bond donors (Lipinski definition) is 0. The van der Waals surface area contributed by atoms with E-state index in [9.17, 15) is 9.59 Å². The van der Waals surface area contributed by atoms with Gasteiger partial charge in [-0.25, -0.2) is 4.98 Å². The predicted octanol–water partition coefficient (Wildman–Crippen LogP) is -0.155. The van der Waals surface area contributed by atoms with Crippen LogP contribution in [0.4, 0.5) is 0 Å². The Morgan fingerprint density at radius 2 is 1.93 bits per heavy atom. The van der Waals surface area contributed by atoms with E-state index in [1.165, 1.54) is 12.2 Å². The van der Waals surface area contributed by atoms with Crippen LogP contribution in [0.25, 0.3) is 0 Å². The van der Waals surface area contributed by atoms with Crippen molar-refractivity contribution in [3.8, 4) is 0 Å². The number of nitrogens with zero attached hydrogens (tertiary/aromatic N) is 3. The molecule has 0 fully saturated rings. The van der Waals surface area contributed by atoms with Crippen LogP contribution in [0, 0.1) is 0 Å². The molecule has 0 bridgehead atoms. The van der Waals surface area contributed by atoms with Gasteiger partial charge in [0.05, 0.1) is 6.54 Å². The maximum absolute atomic E-state index is 11.2. The van der Waals surface area contributed by atoms with E-state index in [1.807, 2.05) is 7.05 Å². The predicted molar refractivity (Wildman–Crippen MR) is 47.9 cm³/mol. The normalized spacial score (nSPS) is 15.6.